The van der Waals surface area contributed by atoms with Crippen molar-refractivity contribution in [2.75, 3.05) is 0 Å². The van der Waals surface area contributed by atoms with Crippen molar-refractivity contribution >= 4 is 11.9 Å². The number of carbonyl (C=O) groups excluding carboxylic acids is 1. The second-order valence-corrected chi connectivity index (χ2v) is 3.97. The number of aryl methyl sites for hydroxylation is 1. The predicted octanol–water partition coefficient (Wildman–Crippen LogP) is 1.91. The molecular weight excluding hydrogens is 228 g/mol. The van der Waals surface area contributed by atoms with Crippen LogP contribution in [0.4, 0.5) is 0 Å². The zero-order valence-electron chi connectivity index (χ0n) is 9.74. The van der Waals surface area contributed by atoms with E-state index in [-0.39, 0.29) is 0 Å². The summed E-state index contributed by atoms with van der Waals surface area (Å²) in [6.07, 6.45) is 7.73. The van der Waals surface area contributed by atoms with Gasteiger partial charge in [0.05, 0.1) is 6.20 Å². The van der Waals surface area contributed by atoms with Crippen molar-refractivity contribution in [3.8, 4) is 11.1 Å². The Morgan fingerprint density at radius 1 is 1.06 bits per heavy atom. The zero-order chi connectivity index (χ0) is 12.5. The highest BCUT2D eigenvalue weighted by molar-refractivity contribution is 5.75. The normalized spacial score (nSPS) is 10.7. The molecule has 0 bridgehead atoms. The number of rotatable bonds is 2. The molecule has 0 spiro atoms. The van der Waals surface area contributed by atoms with E-state index in [1.54, 1.807) is 23.0 Å². The smallest absolute Gasteiger partial charge is 0.168 e. The van der Waals surface area contributed by atoms with Crippen LogP contribution in [-0.4, -0.2) is 25.6 Å². The summed E-state index contributed by atoms with van der Waals surface area (Å²) in [6.45, 7) is 1.84. The molecule has 3 rings (SSSR count). The quantitative estimate of drug-likeness (QED) is 0.640. The maximum atomic E-state index is 10.9. The molecule has 0 aliphatic heterocycles. The fourth-order valence-corrected chi connectivity index (χ4v) is 1.80. The third kappa shape index (κ3) is 1.66. The summed E-state index contributed by atoms with van der Waals surface area (Å²) in [7, 11) is 0. The van der Waals surface area contributed by atoms with E-state index in [0.717, 1.165) is 28.9 Å². The average Bonchev–Trinajstić information content (AvgIpc) is 2.81. The third-order valence-corrected chi connectivity index (χ3v) is 2.77. The van der Waals surface area contributed by atoms with Crippen LogP contribution in [0.25, 0.3) is 16.8 Å². The van der Waals surface area contributed by atoms with Gasteiger partial charge in [-0.3, -0.25) is 9.20 Å². The molecule has 18 heavy (non-hydrogen) atoms. The molecule has 3 aromatic rings. The lowest BCUT2D eigenvalue weighted by Gasteiger charge is -2.03. The van der Waals surface area contributed by atoms with Gasteiger partial charge in [0, 0.05) is 29.7 Å². The lowest BCUT2D eigenvalue weighted by atomic mass is 10.1. The minimum absolute atomic E-state index is 0.528. The largest absolute Gasteiger partial charge is 0.297 e. The lowest BCUT2D eigenvalue weighted by Crippen LogP contribution is -1.93. The van der Waals surface area contributed by atoms with Gasteiger partial charge in [0.2, 0.25) is 0 Å². The highest BCUT2D eigenvalue weighted by Gasteiger charge is 2.05. The predicted molar refractivity (Wildman–Crippen MR) is 66.3 cm³/mol. The third-order valence-electron chi connectivity index (χ3n) is 2.77. The molecule has 0 radical (unpaired) electrons. The Hall–Kier alpha value is -2.56. The summed E-state index contributed by atoms with van der Waals surface area (Å²) >= 11 is 0. The van der Waals surface area contributed by atoms with E-state index in [2.05, 4.69) is 15.0 Å². The van der Waals surface area contributed by atoms with Gasteiger partial charge in [-0.1, -0.05) is 0 Å². The molecule has 0 saturated carbocycles. The van der Waals surface area contributed by atoms with E-state index in [0.29, 0.717) is 5.69 Å². The van der Waals surface area contributed by atoms with Crippen LogP contribution in [0, 0.1) is 6.92 Å². The van der Waals surface area contributed by atoms with Crippen LogP contribution in [0.15, 0.2) is 36.9 Å². The van der Waals surface area contributed by atoms with Crippen molar-refractivity contribution in [1.29, 1.82) is 0 Å². The second-order valence-electron chi connectivity index (χ2n) is 3.97. The summed E-state index contributed by atoms with van der Waals surface area (Å²) in [5, 5.41) is 0. The van der Waals surface area contributed by atoms with E-state index < -0.39 is 0 Å². The number of aromatic nitrogens is 4. The SMILES string of the molecule is Cc1ncc(-c2ccc3ncc(C=O)n3c2)cn1. The molecule has 0 aliphatic carbocycles. The van der Waals surface area contributed by atoms with E-state index in [9.17, 15) is 4.79 Å². The van der Waals surface area contributed by atoms with Crippen LogP contribution in [0.3, 0.4) is 0 Å². The molecule has 3 aromatic heterocycles. The minimum atomic E-state index is 0.528. The first kappa shape index (κ1) is 10.6. The van der Waals surface area contributed by atoms with Crippen molar-refractivity contribution in [2.24, 2.45) is 0 Å². The van der Waals surface area contributed by atoms with Gasteiger partial charge >= 0.3 is 0 Å². The lowest BCUT2D eigenvalue weighted by molar-refractivity contribution is 0.111. The molecule has 88 valence electrons. The molecule has 0 aliphatic rings. The first-order valence-corrected chi connectivity index (χ1v) is 5.49. The molecule has 0 saturated heterocycles. The summed E-state index contributed by atoms with van der Waals surface area (Å²) in [5.41, 5.74) is 3.13. The Labute approximate surface area is 103 Å². The molecule has 5 nitrogen and oxygen atoms in total. The molecule has 0 amide bonds. The molecule has 0 unspecified atom stereocenters. The fraction of sp³-hybridized carbons (Fsp3) is 0.0769. The Morgan fingerprint density at radius 2 is 1.83 bits per heavy atom. The van der Waals surface area contributed by atoms with E-state index in [1.807, 2.05) is 25.3 Å². The van der Waals surface area contributed by atoms with Gasteiger partial charge in [-0.05, 0) is 19.1 Å². The molecule has 0 fully saturated rings. The van der Waals surface area contributed by atoms with E-state index in [4.69, 9.17) is 0 Å². The van der Waals surface area contributed by atoms with Crippen LogP contribution in [0.1, 0.15) is 16.3 Å². The molecule has 5 heteroatoms. The zero-order valence-corrected chi connectivity index (χ0v) is 9.74. The van der Waals surface area contributed by atoms with Crippen molar-refractivity contribution in [3.63, 3.8) is 0 Å². The minimum Gasteiger partial charge on any atom is -0.297 e. The van der Waals surface area contributed by atoms with Gasteiger partial charge in [0.1, 0.15) is 17.2 Å². The number of hydrogen-bond acceptors (Lipinski definition) is 4. The van der Waals surface area contributed by atoms with Crippen molar-refractivity contribution in [2.45, 2.75) is 6.92 Å². The number of nitrogens with zero attached hydrogens (tertiary/aromatic N) is 4. The summed E-state index contributed by atoms with van der Waals surface area (Å²) in [6, 6.07) is 3.80. The van der Waals surface area contributed by atoms with E-state index in [1.165, 1.54) is 0 Å². The van der Waals surface area contributed by atoms with Gasteiger partial charge in [-0.25, -0.2) is 15.0 Å². The first-order chi connectivity index (χ1) is 8.78. The maximum absolute atomic E-state index is 10.9. The topological polar surface area (TPSA) is 60.2 Å². The Kier molecular flexibility index (Phi) is 2.37. The van der Waals surface area contributed by atoms with Crippen LogP contribution >= 0.6 is 0 Å². The highest BCUT2D eigenvalue weighted by Crippen LogP contribution is 2.18. The first-order valence-electron chi connectivity index (χ1n) is 5.49. The molecule has 0 aromatic carbocycles. The standard InChI is InChI=1S/C13H10N4O/c1-9-14-4-11(5-15-9)10-2-3-13-16-6-12(8-18)17(13)7-10/h2-8H,1H3. The second kappa shape index (κ2) is 4.03. The van der Waals surface area contributed by atoms with Crippen LogP contribution in [0.2, 0.25) is 0 Å². The molecule has 0 atom stereocenters. The van der Waals surface area contributed by atoms with Gasteiger partial charge in [0.15, 0.2) is 6.29 Å². The number of pyridine rings is 1. The maximum Gasteiger partial charge on any atom is 0.168 e. The van der Waals surface area contributed by atoms with E-state index >= 15 is 0 Å². The highest BCUT2D eigenvalue weighted by atomic mass is 16.1. The molecule has 0 N–H and O–H groups in total. The average molecular weight is 238 g/mol. The van der Waals surface area contributed by atoms with Gasteiger partial charge in [-0.15, -0.1) is 0 Å². The van der Waals surface area contributed by atoms with Crippen LogP contribution in [-0.2, 0) is 0 Å². The molecular formula is C13H10N4O. The monoisotopic (exact) mass is 238 g/mol. The van der Waals surface area contributed by atoms with Crippen molar-refractivity contribution in [1.82, 2.24) is 19.4 Å². The molecule has 3 heterocycles. The van der Waals surface area contributed by atoms with Gasteiger partial charge in [-0.2, -0.15) is 0 Å². The number of imidazole rings is 1. The fourth-order valence-electron chi connectivity index (χ4n) is 1.80. The summed E-state index contributed by atoms with van der Waals surface area (Å²) in [5.74, 6) is 0.732. The van der Waals surface area contributed by atoms with Crippen molar-refractivity contribution < 1.29 is 4.79 Å². The Bertz CT molecular complexity index is 715. The van der Waals surface area contributed by atoms with Crippen molar-refractivity contribution in [3.05, 3.63) is 48.4 Å². The van der Waals surface area contributed by atoms with Crippen LogP contribution < -0.4 is 0 Å². The number of aldehydes is 1. The Balaban J connectivity index is 2.17. The number of fused-ring (bicyclic) bond motifs is 1. The number of hydrogen-bond donors (Lipinski definition) is 0. The Morgan fingerprint density at radius 3 is 2.56 bits per heavy atom. The van der Waals surface area contributed by atoms with Gasteiger partial charge in [0.25, 0.3) is 0 Å². The summed E-state index contributed by atoms with van der Waals surface area (Å²) < 4.78 is 1.75. The summed E-state index contributed by atoms with van der Waals surface area (Å²) in [4.78, 5) is 23.3. The van der Waals surface area contributed by atoms with Gasteiger partial charge < -0.3 is 0 Å². The van der Waals surface area contributed by atoms with Crippen LogP contribution in [0.5, 0.6) is 0 Å². The number of carbonyl (C=O) groups is 1.